The summed E-state index contributed by atoms with van der Waals surface area (Å²) in [6.45, 7) is 0. The average molecular weight is 380 g/mol. The van der Waals surface area contributed by atoms with Crippen LogP contribution in [0.15, 0.2) is 28.8 Å². The Hall–Kier alpha value is -2.42. The molecule has 3 heterocycles. The van der Waals surface area contributed by atoms with Crippen LogP contribution in [0.5, 0.6) is 0 Å². The van der Waals surface area contributed by atoms with Crippen molar-refractivity contribution in [3.8, 4) is 11.4 Å². The predicted octanol–water partition coefficient (Wildman–Crippen LogP) is 3.11. The van der Waals surface area contributed by atoms with E-state index < -0.39 is 12.1 Å². The second-order valence-electron chi connectivity index (χ2n) is 7.18. The minimum Gasteiger partial charge on any atom is -0.339 e. The van der Waals surface area contributed by atoms with Crippen molar-refractivity contribution in [1.82, 2.24) is 20.4 Å². The maximum atomic E-state index is 12.8. The van der Waals surface area contributed by atoms with Crippen LogP contribution in [0.1, 0.15) is 41.9 Å². The minimum absolute atomic E-state index is 0.100. The fourth-order valence-electron chi connectivity index (χ4n) is 3.93. The molecule has 4 rings (SSSR count). The number of carbonyl (C=O) groups excluding carboxylic acids is 1. The molecule has 2 aromatic rings. The first-order valence-electron chi connectivity index (χ1n) is 8.86. The molecule has 2 unspecified atom stereocenters. The molecule has 1 N–H and O–H groups in total. The number of piperidine rings is 1. The van der Waals surface area contributed by atoms with Crippen molar-refractivity contribution in [1.29, 1.82) is 0 Å². The molecule has 144 valence electrons. The van der Waals surface area contributed by atoms with Crippen LogP contribution in [0, 0.1) is 0 Å². The molecular weight excluding hydrogens is 361 g/mol. The molecule has 2 aliphatic rings. The monoisotopic (exact) mass is 380 g/mol. The summed E-state index contributed by atoms with van der Waals surface area (Å²) in [6, 6.07) is 7.36. The molecule has 1 aromatic carbocycles. The van der Waals surface area contributed by atoms with Gasteiger partial charge < -0.3 is 14.7 Å². The lowest BCUT2D eigenvalue weighted by atomic mass is 9.98. The van der Waals surface area contributed by atoms with Crippen molar-refractivity contribution in [2.75, 3.05) is 7.05 Å². The van der Waals surface area contributed by atoms with E-state index >= 15 is 0 Å². The van der Waals surface area contributed by atoms with E-state index in [4.69, 9.17) is 0 Å². The molecule has 0 spiro atoms. The highest BCUT2D eigenvalue weighted by Crippen LogP contribution is 2.31. The summed E-state index contributed by atoms with van der Waals surface area (Å²) in [4.78, 5) is 17.9. The Morgan fingerprint density at radius 1 is 1.19 bits per heavy atom. The van der Waals surface area contributed by atoms with Crippen LogP contribution in [0.2, 0.25) is 0 Å². The van der Waals surface area contributed by atoms with Gasteiger partial charge in [-0.3, -0.25) is 4.79 Å². The Morgan fingerprint density at radius 2 is 1.81 bits per heavy atom. The van der Waals surface area contributed by atoms with Crippen LogP contribution in [-0.4, -0.2) is 46.1 Å². The van der Waals surface area contributed by atoms with Crippen LogP contribution < -0.4 is 5.32 Å². The number of rotatable bonds is 3. The zero-order chi connectivity index (χ0) is 19.2. The summed E-state index contributed by atoms with van der Waals surface area (Å²) in [5.41, 5.74) is 0.833. The molecule has 27 heavy (non-hydrogen) atoms. The van der Waals surface area contributed by atoms with Gasteiger partial charge in [0.15, 0.2) is 0 Å². The van der Waals surface area contributed by atoms with Gasteiger partial charge >= 0.3 is 12.1 Å². The number of amides is 1. The number of aromatic nitrogens is 2. The van der Waals surface area contributed by atoms with Crippen molar-refractivity contribution in [2.24, 2.45) is 0 Å². The highest BCUT2D eigenvalue weighted by molar-refractivity contribution is 5.94. The van der Waals surface area contributed by atoms with Crippen LogP contribution in [-0.2, 0) is 6.18 Å². The molecule has 9 heteroatoms. The normalized spacial score (nSPS) is 24.8. The van der Waals surface area contributed by atoms with Crippen molar-refractivity contribution < 1.29 is 22.5 Å². The van der Waals surface area contributed by atoms with Gasteiger partial charge in [0.1, 0.15) is 0 Å². The second-order valence-corrected chi connectivity index (χ2v) is 7.18. The molecule has 2 fully saturated rings. The number of fused-ring (bicyclic) bond motifs is 2. The van der Waals surface area contributed by atoms with Gasteiger partial charge in [0.25, 0.3) is 5.91 Å². The zero-order valence-electron chi connectivity index (χ0n) is 14.7. The Balaban J connectivity index is 1.47. The second kappa shape index (κ2) is 6.63. The molecule has 0 aliphatic carbocycles. The van der Waals surface area contributed by atoms with E-state index in [0.717, 1.165) is 25.7 Å². The number of carbonyl (C=O) groups is 1. The topological polar surface area (TPSA) is 71.3 Å². The van der Waals surface area contributed by atoms with Gasteiger partial charge in [-0.1, -0.05) is 17.3 Å². The smallest absolute Gasteiger partial charge is 0.339 e. The fourth-order valence-corrected chi connectivity index (χ4v) is 3.93. The number of benzene rings is 1. The lowest BCUT2D eigenvalue weighted by molar-refractivity contribution is -0.159. The Bertz CT molecular complexity index is 822. The number of alkyl halides is 3. The van der Waals surface area contributed by atoms with E-state index in [1.807, 2.05) is 0 Å². The third-order valence-corrected chi connectivity index (χ3v) is 5.37. The SMILES string of the molecule is CN(C(=O)c1ccc(-c2noc(C(F)(F)F)n2)cc1)C1CC2CCC(C1)N2. The Kier molecular flexibility index (Phi) is 4.41. The van der Waals surface area contributed by atoms with Crippen LogP contribution in [0.25, 0.3) is 11.4 Å². The Labute approximate surface area is 153 Å². The first kappa shape index (κ1) is 18.0. The molecule has 0 saturated carbocycles. The van der Waals surface area contributed by atoms with Crippen LogP contribution in [0.3, 0.4) is 0 Å². The number of hydrogen-bond donors (Lipinski definition) is 1. The van der Waals surface area contributed by atoms with Crippen LogP contribution >= 0.6 is 0 Å². The van der Waals surface area contributed by atoms with E-state index in [9.17, 15) is 18.0 Å². The molecule has 6 nitrogen and oxygen atoms in total. The van der Waals surface area contributed by atoms with Gasteiger partial charge in [0.2, 0.25) is 5.82 Å². The minimum atomic E-state index is -4.68. The summed E-state index contributed by atoms with van der Waals surface area (Å²) in [6.07, 6.45) is -0.483. The highest BCUT2D eigenvalue weighted by Gasteiger charge is 2.39. The van der Waals surface area contributed by atoms with E-state index in [1.54, 1.807) is 24.1 Å². The predicted molar refractivity (Wildman–Crippen MR) is 89.8 cm³/mol. The van der Waals surface area contributed by atoms with Crippen molar-refractivity contribution in [2.45, 2.75) is 50.0 Å². The van der Waals surface area contributed by atoms with Crippen LogP contribution in [0.4, 0.5) is 13.2 Å². The van der Waals surface area contributed by atoms with Crippen molar-refractivity contribution >= 4 is 5.91 Å². The van der Waals surface area contributed by atoms with E-state index in [-0.39, 0.29) is 17.8 Å². The molecule has 2 saturated heterocycles. The van der Waals surface area contributed by atoms with E-state index in [2.05, 4.69) is 20.0 Å². The summed E-state index contributed by atoms with van der Waals surface area (Å²) in [5.74, 6) is -1.65. The van der Waals surface area contributed by atoms with E-state index in [0.29, 0.717) is 23.2 Å². The van der Waals surface area contributed by atoms with Gasteiger partial charge in [-0.25, -0.2) is 0 Å². The third-order valence-electron chi connectivity index (χ3n) is 5.37. The summed E-state index contributed by atoms with van der Waals surface area (Å²) < 4.78 is 41.9. The lowest BCUT2D eigenvalue weighted by Crippen LogP contribution is -2.48. The molecule has 1 aromatic heterocycles. The average Bonchev–Trinajstić information content (AvgIpc) is 3.27. The largest absolute Gasteiger partial charge is 0.471 e. The summed E-state index contributed by atoms with van der Waals surface area (Å²) in [7, 11) is 1.81. The van der Waals surface area contributed by atoms with Crippen molar-refractivity contribution in [3.63, 3.8) is 0 Å². The van der Waals surface area contributed by atoms with Gasteiger partial charge in [-0.15, -0.1) is 0 Å². The maximum absolute atomic E-state index is 12.8. The maximum Gasteiger partial charge on any atom is 0.471 e. The zero-order valence-corrected chi connectivity index (χ0v) is 14.7. The number of nitrogens with zero attached hydrogens (tertiary/aromatic N) is 3. The quantitative estimate of drug-likeness (QED) is 0.886. The molecule has 2 bridgehead atoms. The summed E-state index contributed by atoms with van der Waals surface area (Å²) >= 11 is 0. The van der Waals surface area contributed by atoms with Crippen molar-refractivity contribution in [3.05, 3.63) is 35.7 Å². The van der Waals surface area contributed by atoms with Gasteiger partial charge in [0, 0.05) is 36.3 Å². The fraction of sp³-hybridized carbons (Fsp3) is 0.500. The van der Waals surface area contributed by atoms with E-state index in [1.165, 1.54) is 12.1 Å². The Morgan fingerprint density at radius 3 is 2.37 bits per heavy atom. The molecule has 0 radical (unpaired) electrons. The number of hydrogen-bond acceptors (Lipinski definition) is 5. The lowest BCUT2D eigenvalue weighted by Gasteiger charge is -2.35. The molecular formula is C18H19F3N4O2. The highest BCUT2D eigenvalue weighted by atomic mass is 19.4. The third kappa shape index (κ3) is 3.55. The summed E-state index contributed by atoms with van der Waals surface area (Å²) in [5, 5.41) is 6.90. The van der Waals surface area contributed by atoms with Gasteiger partial charge in [-0.05, 0) is 37.8 Å². The standard InChI is InChI=1S/C18H19F3N4O2/c1-25(14-8-12-6-7-13(9-14)22-12)16(26)11-4-2-10(3-5-11)15-23-17(27-24-15)18(19,20)21/h2-5,12-14,22H,6-9H2,1H3. The molecule has 2 aliphatic heterocycles. The molecule has 1 amide bonds. The number of halogens is 3. The first-order chi connectivity index (χ1) is 12.8. The molecule has 2 atom stereocenters. The van der Waals surface area contributed by atoms with Gasteiger partial charge in [0.05, 0.1) is 0 Å². The first-order valence-corrected chi connectivity index (χ1v) is 8.86. The van der Waals surface area contributed by atoms with Gasteiger partial charge in [-0.2, -0.15) is 18.2 Å². The number of nitrogens with one attached hydrogen (secondary N) is 1.